The van der Waals surface area contributed by atoms with E-state index in [1.165, 1.54) is 0 Å². The van der Waals surface area contributed by atoms with Gasteiger partial charge in [-0.15, -0.1) is 0 Å². The molecule has 1 saturated heterocycles. The quantitative estimate of drug-likeness (QED) is 0.782. The zero-order valence-electron chi connectivity index (χ0n) is 14.2. The number of carbonyl (C=O) groups is 1. The SMILES string of the molecule is CC(C)(C)C1CCN(C(=O)c2ccncc2)C1C(C)(C)C. The molecule has 2 unspecified atom stereocenters. The number of aromatic nitrogens is 1. The van der Waals surface area contributed by atoms with Gasteiger partial charge in [-0.2, -0.15) is 0 Å². The molecule has 116 valence electrons. The highest BCUT2D eigenvalue weighted by atomic mass is 16.2. The highest BCUT2D eigenvalue weighted by Crippen LogP contribution is 2.45. The minimum Gasteiger partial charge on any atom is -0.335 e. The van der Waals surface area contributed by atoms with Gasteiger partial charge < -0.3 is 4.90 Å². The van der Waals surface area contributed by atoms with Crippen molar-refractivity contribution in [2.45, 2.75) is 54.0 Å². The first kappa shape index (κ1) is 16.0. The van der Waals surface area contributed by atoms with Crippen LogP contribution in [0.15, 0.2) is 24.5 Å². The van der Waals surface area contributed by atoms with E-state index in [4.69, 9.17) is 0 Å². The van der Waals surface area contributed by atoms with Crippen LogP contribution in [-0.4, -0.2) is 28.4 Å². The number of nitrogens with zero attached hydrogens (tertiary/aromatic N) is 2. The zero-order chi connectivity index (χ0) is 15.8. The third kappa shape index (κ3) is 3.28. The van der Waals surface area contributed by atoms with Gasteiger partial charge in [0, 0.05) is 30.5 Å². The normalized spacial score (nSPS) is 23.4. The molecular weight excluding hydrogens is 260 g/mol. The van der Waals surface area contributed by atoms with Crippen molar-refractivity contribution in [2.24, 2.45) is 16.7 Å². The molecule has 1 aromatic rings. The van der Waals surface area contributed by atoms with E-state index in [2.05, 4.69) is 51.4 Å². The number of amides is 1. The van der Waals surface area contributed by atoms with E-state index in [-0.39, 0.29) is 22.8 Å². The molecule has 3 nitrogen and oxygen atoms in total. The lowest BCUT2D eigenvalue weighted by atomic mass is 9.68. The summed E-state index contributed by atoms with van der Waals surface area (Å²) in [5.41, 5.74) is 1.04. The molecule has 1 amide bonds. The van der Waals surface area contributed by atoms with Crippen LogP contribution in [-0.2, 0) is 0 Å². The summed E-state index contributed by atoms with van der Waals surface area (Å²) in [4.78, 5) is 19.0. The average Bonchev–Trinajstić information content (AvgIpc) is 2.83. The van der Waals surface area contributed by atoms with E-state index >= 15 is 0 Å². The van der Waals surface area contributed by atoms with Crippen LogP contribution >= 0.6 is 0 Å². The molecule has 21 heavy (non-hydrogen) atoms. The first-order chi connectivity index (χ1) is 9.62. The molecule has 2 atom stereocenters. The van der Waals surface area contributed by atoms with Crippen LogP contribution in [0.25, 0.3) is 0 Å². The van der Waals surface area contributed by atoms with E-state index < -0.39 is 0 Å². The average molecular weight is 288 g/mol. The first-order valence-corrected chi connectivity index (χ1v) is 7.83. The smallest absolute Gasteiger partial charge is 0.254 e. The summed E-state index contributed by atoms with van der Waals surface area (Å²) in [6.07, 6.45) is 4.47. The Balaban J connectivity index is 2.33. The number of rotatable bonds is 1. The summed E-state index contributed by atoms with van der Waals surface area (Å²) in [6.45, 7) is 14.5. The molecule has 1 fully saturated rings. The molecule has 3 heteroatoms. The summed E-state index contributed by atoms with van der Waals surface area (Å²) >= 11 is 0. The van der Waals surface area contributed by atoms with Gasteiger partial charge in [-0.3, -0.25) is 9.78 Å². The van der Waals surface area contributed by atoms with E-state index in [1.807, 2.05) is 12.1 Å². The maximum Gasteiger partial charge on any atom is 0.254 e. The Hall–Kier alpha value is -1.38. The second-order valence-electron chi connectivity index (χ2n) is 8.31. The maximum atomic E-state index is 12.9. The van der Waals surface area contributed by atoms with Gasteiger partial charge in [0.1, 0.15) is 0 Å². The minimum absolute atomic E-state index is 0.0805. The first-order valence-electron chi connectivity index (χ1n) is 7.83. The van der Waals surface area contributed by atoms with Crippen LogP contribution in [0.1, 0.15) is 58.3 Å². The van der Waals surface area contributed by atoms with Gasteiger partial charge in [0.25, 0.3) is 5.91 Å². The topological polar surface area (TPSA) is 33.2 Å². The Morgan fingerprint density at radius 3 is 2.14 bits per heavy atom. The zero-order valence-corrected chi connectivity index (χ0v) is 14.2. The number of hydrogen-bond acceptors (Lipinski definition) is 2. The van der Waals surface area contributed by atoms with E-state index in [0.29, 0.717) is 5.92 Å². The summed E-state index contributed by atoms with van der Waals surface area (Å²) in [5.74, 6) is 0.673. The Morgan fingerprint density at radius 2 is 1.67 bits per heavy atom. The molecule has 0 bridgehead atoms. The molecule has 2 heterocycles. The Labute approximate surface area is 128 Å². The van der Waals surface area contributed by atoms with E-state index in [1.54, 1.807) is 12.4 Å². The molecule has 0 radical (unpaired) electrons. The fraction of sp³-hybridized carbons (Fsp3) is 0.667. The predicted molar refractivity (Wildman–Crippen MR) is 86.1 cm³/mol. The summed E-state index contributed by atoms with van der Waals surface area (Å²) in [7, 11) is 0. The predicted octanol–water partition coefficient (Wildman–Crippen LogP) is 4.00. The van der Waals surface area contributed by atoms with Crippen LogP contribution in [0.5, 0.6) is 0 Å². The van der Waals surface area contributed by atoms with Crippen molar-refractivity contribution < 1.29 is 4.79 Å². The van der Waals surface area contributed by atoms with Gasteiger partial charge in [-0.25, -0.2) is 0 Å². The Kier molecular flexibility index (Phi) is 4.14. The van der Waals surface area contributed by atoms with Gasteiger partial charge >= 0.3 is 0 Å². The molecule has 0 spiro atoms. The fourth-order valence-corrected chi connectivity index (χ4v) is 3.66. The number of pyridine rings is 1. The van der Waals surface area contributed by atoms with Crippen LogP contribution in [0.2, 0.25) is 0 Å². The van der Waals surface area contributed by atoms with Gasteiger partial charge in [-0.1, -0.05) is 41.5 Å². The standard InChI is InChI=1S/C18H28N2O/c1-17(2,3)14-9-12-20(15(14)18(4,5)6)16(21)13-7-10-19-11-8-13/h7-8,10-11,14-15H,9,12H2,1-6H3. The third-order valence-electron chi connectivity index (χ3n) is 4.59. The van der Waals surface area contributed by atoms with Gasteiger partial charge in [0.05, 0.1) is 0 Å². The molecular formula is C18H28N2O. The molecule has 0 aliphatic carbocycles. The lowest BCUT2D eigenvalue weighted by molar-refractivity contribution is 0.0444. The van der Waals surface area contributed by atoms with E-state index in [9.17, 15) is 4.79 Å². The molecule has 1 aromatic heterocycles. The largest absolute Gasteiger partial charge is 0.335 e. The lowest BCUT2D eigenvalue weighted by Crippen LogP contribution is -2.48. The van der Waals surface area contributed by atoms with Gasteiger partial charge in [-0.05, 0) is 35.3 Å². The molecule has 2 rings (SSSR count). The van der Waals surface area contributed by atoms with Crippen LogP contribution in [0.3, 0.4) is 0 Å². The van der Waals surface area contributed by atoms with Crippen molar-refractivity contribution in [1.82, 2.24) is 9.88 Å². The van der Waals surface area contributed by atoms with Crippen molar-refractivity contribution in [3.8, 4) is 0 Å². The molecule has 0 aromatic carbocycles. The van der Waals surface area contributed by atoms with Crippen molar-refractivity contribution in [3.05, 3.63) is 30.1 Å². The number of likely N-dealkylation sites (tertiary alicyclic amines) is 1. The summed E-state index contributed by atoms with van der Waals surface area (Å²) < 4.78 is 0. The number of hydrogen-bond donors (Lipinski definition) is 0. The highest BCUT2D eigenvalue weighted by Gasteiger charge is 2.47. The van der Waals surface area contributed by atoms with Gasteiger partial charge in [0.2, 0.25) is 0 Å². The number of carbonyl (C=O) groups excluding carboxylic acids is 1. The Morgan fingerprint density at radius 1 is 1.10 bits per heavy atom. The van der Waals surface area contributed by atoms with Crippen molar-refractivity contribution in [1.29, 1.82) is 0 Å². The van der Waals surface area contributed by atoms with Crippen molar-refractivity contribution >= 4 is 5.91 Å². The second-order valence-corrected chi connectivity index (χ2v) is 8.31. The third-order valence-corrected chi connectivity index (χ3v) is 4.59. The van der Waals surface area contributed by atoms with Crippen molar-refractivity contribution in [2.75, 3.05) is 6.54 Å². The summed E-state index contributed by atoms with van der Waals surface area (Å²) in [6, 6.07) is 3.90. The van der Waals surface area contributed by atoms with Crippen LogP contribution in [0.4, 0.5) is 0 Å². The van der Waals surface area contributed by atoms with Crippen molar-refractivity contribution in [3.63, 3.8) is 0 Å². The highest BCUT2D eigenvalue weighted by molar-refractivity contribution is 5.94. The molecule has 1 aliphatic heterocycles. The van der Waals surface area contributed by atoms with Crippen LogP contribution < -0.4 is 0 Å². The Bertz CT molecular complexity index is 496. The van der Waals surface area contributed by atoms with Gasteiger partial charge in [0.15, 0.2) is 0 Å². The molecule has 1 aliphatic rings. The van der Waals surface area contributed by atoms with E-state index in [0.717, 1.165) is 18.5 Å². The lowest BCUT2D eigenvalue weighted by Gasteiger charge is -2.43. The monoisotopic (exact) mass is 288 g/mol. The minimum atomic E-state index is 0.0805. The summed E-state index contributed by atoms with van der Waals surface area (Å²) in [5, 5.41) is 0. The van der Waals surface area contributed by atoms with Crippen LogP contribution in [0, 0.1) is 16.7 Å². The molecule has 0 N–H and O–H groups in total. The maximum absolute atomic E-state index is 12.9. The fourth-order valence-electron chi connectivity index (χ4n) is 3.66. The second kappa shape index (κ2) is 5.43. The molecule has 0 saturated carbocycles.